The number of carbonyl (C=O) groups is 2. The normalized spacial score (nSPS) is 14.3. The predicted octanol–water partition coefficient (Wildman–Crippen LogP) is 4.16. The van der Waals surface area contributed by atoms with Crippen LogP contribution in [0, 0.1) is 5.92 Å². The molecule has 0 spiro atoms. The molecule has 0 saturated carbocycles. The Morgan fingerprint density at radius 2 is 1.74 bits per heavy atom. The van der Waals surface area contributed by atoms with Crippen molar-refractivity contribution in [1.29, 1.82) is 0 Å². The van der Waals surface area contributed by atoms with Crippen LogP contribution in [0.15, 0.2) is 53.1 Å². The third kappa shape index (κ3) is 4.26. The number of carbonyl (C=O) groups excluding carboxylic acids is 2. The molecule has 1 N–H and O–H groups in total. The van der Waals surface area contributed by atoms with E-state index in [0.717, 1.165) is 24.0 Å². The van der Waals surface area contributed by atoms with Crippen LogP contribution in [0.25, 0.3) is 11.0 Å². The molecular formula is C24H28N4O3. The SMILES string of the molecule is CCC(CC)C(=O)Nc1c(C(=O)N2CCN(c3ccccn3)CC2)oc2ccccc12. The zero-order valence-corrected chi connectivity index (χ0v) is 18.0. The van der Waals surface area contributed by atoms with Crippen molar-refractivity contribution in [3.05, 3.63) is 54.4 Å². The Hall–Kier alpha value is -3.35. The number of furan rings is 1. The van der Waals surface area contributed by atoms with Crippen LogP contribution in [0.4, 0.5) is 11.5 Å². The highest BCUT2D eigenvalue weighted by Crippen LogP contribution is 2.33. The number of piperazine rings is 1. The summed E-state index contributed by atoms with van der Waals surface area (Å²) >= 11 is 0. The fraction of sp³-hybridized carbons (Fsp3) is 0.375. The number of nitrogens with one attached hydrogen (secondary N) is 1. The molecule has 0 bridgehead atoms. The smallest absolute Gasteiger partial charge is 0.291 e. The lowest BCUT2D eigenvalue weighted by molar-refractivity contribution is -0.120. The number of anilines is 2. The quantitative estimate of drug-likeness (QED) is 0.648. The first-order valence-corrected chi connectivity index (χ1v) is 10.9. The van der Waals surface area contributed by atoms with Gasteiger partial charge in [-0.15, -0.1) is 0 Å². The first kappa shape index (κ1) is 20.9. The molecule has 0 aliphatic carbocycles. The van der Waals surface area contributed by atoms with E-state index in [2.05, 4.69) is 15.2 Å². The van der Waals surface area contributed by atoms with E-state index in [1.807, 2.05) is 56.3 Å². The molecular weight excluding hydrogens is 392 g/mol. The van der Waals surface area contributed by atoms with Gasteiger partial charge in [-0.05, 0) is 37.1 Å². The van der Waals surface area contributed by atoms with Gasteiger partial charge in [-0.3, -0.25) is 9.59 Å². The van der Waals surface area contributed by atoms with Crippen molar-refractivity contribution >= 4 is 34.3 Å². The summed E-state index contributed by atoms with van der Waals surface area (Å²) in [5.74, 6) is 0.740. The minimum atomic E-state index is -0.197. The van der Waals surface area contributed by atoms with Crippen molar-refractivity contribution in [1.82, 2.24) is 9.88 Å². The first-order chi connectivity index (χ1) is 15.1. The number of pyridine rings is 1. The van der Waals surface area contributed by atoms with Crippen molar-refractivity contribution in [2.45, 2.75) is 26.7 Å². The summed E-state index contributed by atoms with van der Waals surface area (Å²) in [5.41, 5.74) is 1.07. The number of aromatic nitrogens is 1. The third-order valence-corrected chi connectivity index (χ3v) is 5.93. The fourth-order valence-corrected chi connectivity index (χ4v) is 4.03. The molecule has 0 radical (unpaired) electrons. The van der Waals surface area contributed by atoms with Crippen LogP contribution in [-0.4, -0.2) is 47.9 Å². The second-order valence-electron chi connectivity index (χ2n) is 7.77. The maximum absolute atomic E-state index is 13.4. The van der Waals surface area contributed by atoms with Gasteiger partial charge in [0.05, 0.1) is 0 Å². The Labute approximate surface area is 182 Å². The van der Waals surface area contributed by atoms with Crippen LogP contribution in [-0.2, 0) is 4.79 Å². The van der Waals surface area contributed by atoms with Crippen LogP contribution in [0.2, 0.25) is 0 Å². The van der Waals surface area contributed by atoms with E-state index in [4.69, 9.17) is 4.42 Å². The Morgan fingerprint density at radius 3 is 2.42 bits per heavy atom. The molecule has 1 fully saturated rings. The summed E-state index contributed by atoms with van der Waals surface area (Å²) < 4.78 is 5.94. The minimum Gasteiger partial charge on any atom is -0.449 e. The molecule has 1 saturated heterocycles. The van der Waals surface area contributed by atoms with E-state index in [1.165, 1.54) is 0 Å². The van der Waals surface area contributed by atoms with Gasteiger partial charge in [0.25, 0.3) is 5.91 Å². The molecule has 4 rings (SSSR count). The van der Waals surface area contributed by atoms with Gasteiger partial charge >= 0.3 is 0 Å². The molecule has 2 amide bonds. The van der Waals surface area contributed by atoms with Gasteiger partial charge in [0, 0.05) is 43.7 Å². The minimum absolute atomic E-state index is 0.0782. The van der Waals surface area contributed by atoms with Crippen molar-refractivity contribution in [3.63, 3.8) is 0 Å². The number of para-hydroxylation sites is 1. The molecule has 7 nitrogen and oxygen atoms in total. The van der Waals surface area contributed by atoms with Gasteiger partial charge in [0.15, 0.2) is 0 Å². The lowest BCUT2D eigenvalue weighted by Crippen LogP contribution is -2.49. The van der Waals surface area contributed by atoms with Crippen LogP contribution in [0.3, 0.4) is 0 Å². The zero-order valence-electron chi connectivity index (χ0n) is 18.0. The molecule has 1 aromatic carbocycles. The van der Waals surface area contributed by atoms with Gasteiger partial charge in [0.1, 0.15) is 17.1 Å². The second-order valence-corrected chi connectivity index (χ2v) is 7.77. The highest BCUT2D eigenvalue weighted by molar-refractivity contribution is 6.11. The maximum atomic E-state index is 13.4. The molecule has 1 aliphatic rings. The Kier molecular flexibility index (Phi) is 6.21. The molecule has 0 unspecified atom stereocenters. The molecule has 7 heteroatoms. The molecule has 3 aromatic rings. The van der Waals surface area contributed by atoms with Crippen molar-refractivity contribution < 1.29 is 14.0 Å². The monoisotopic (exact) mass is 420 g/mol. The van der Waals surface area contributed by atoms with Crippen LogP contribution < -0.4 is 10.2 Å². The summed E-state index contributed by atoms with van der Waals surface area (Å²) in [7, 11) is 0. The third-order valence-electron chi connectivity index (χ3n) is 5.93. The summed E-state index contributed by atoms with van der Waals surface area (Å²) in [6.45, 7) is 6.50. The number of fused-ring (bicyclic) bond motifs is 1. The Balaban J connectivity index is 1.56. The largest absolute Gasteiger partial charge is 0.449 e. The molecule has 162 valence electrons. The standard InChI is InChI=1S/C24H28N4O3/c1-3-17(4-2)23(29)26-21-18-9-5-6-10-19(18)31-22(21)24(30)28-15-13-27(14-16-28)20-11-7-8-12-25-20/h5-12,17H,3-4,13-16H2,1-2H3,(H,26,29). The van der Waals surface area contributed by atoms with E-state index in [-0.39, 0.29) is 23.5 Å². The van der Waals surface area contributed by atoms with E-state index in [1.54, 1.807) is 11.1 Å². The number of nitrogens with zero attached hydrogens (tertiary/aromatic N) is 3. The molecule has 31 heavy (non-hydrogen) atoms. The van der Waals surface area contributed by atoms with E-state index >= 15 is 0 Å². The molecule has 0 atom stereocenters. The van der Waals surface area contributed by atoms with Crippen LogP contribution in [0.1, 0.15) is 37.2 Å². The number of rotatable bonds is 6. The molecule has 2 aromatic heterocycles. The van der Waals surface area contributed by atoms with Gasteiger partial charge in [-0.2, -0.15) is 0 Å². The average molecular weight is 421 g/mol. The van der Waals surface area contributed by atoms with Gasteiger partial charge in [-0.25, -0.2) is 4.98 Å². The summed E-state index contributed by atoms with van der Waals surface area (Å²) in [6, 6.07) is 13.3. The number of benzene rings is 1. The molecule has 3 heterocycles. The summed E-state index contributed by atoms with van der Waals surface area (Å²) in [4.78, 5) is 34.5. The molecule has 1 aliphatic heterocycles. The summed E-state index contributed by atoms with van der Waals surface area (Å²) in [5, 5.41) is 3.74. The lowest BCUT2D eigenvalue weighted by Gasteiger charge is -2.35. The number of hydrogen-bond donors (Lipinski definition) is 1. The second kappa shape index (κ2) is 9.20. The number of hydrogen-bond acceptors (Lipinski definition) is 5. The van der Waals surface area contributed by atoms with Crippen LogP contribution in [0.5, 0.6) is 0 Å². The van der Waals surface area contributed by atoms with Crippen molar-refractivity contribution in [2.75, 3.05) is 36.4 Å². The van der Waals surface area contributed by atoms with Crippen molar-refractivity contribution in [3.8, 4) is 0 Å². The number of amides is 2. The average Bonchev–Trinajstić information content (AvgIpc) is 3.18. The lowest BCUT2D eigenvalue weighted by atomic mass is 10.0. The van der Waals surface area contributed by atoms with Gasteiger partial charge < -0.3 is 19.5 Å². The highest BCUT2D eigenvalue weighted by Gasteiger charge is 2.30. The summed E-state index contributed by atoms with van der Waals surface area (Å²) in [6.07, 6.45) is 3.27. The Bertz CT molecular complexity index is 1050. The van der Waals surface area contributed by atoms with Gasteiger partial charge in [-0.1, -0.05) is 32.0 Å². The zero-order chi connectivity index (χ0) is 21.8. The van der Waals surface area contributed by atoms with Crippen molar-refractivity contribution in [2.24, 2.45) is 5.92 Å². The topological polar surface area (TPSA) is 78.7 Å². The fourth-order valence-electron chi connectivity index (χ4n) is 4.03. The Morgan fingerprint density at radius 1 is 1.03 bits per heavy atom. The van der Waals surface area contributed by atoms with E-state index < -0.39 is 0 Å². The van der Waals surface area contributed by atoms with E-state index in [9.17, 15) is 9.59 Å². The van der Waals surface area contributed by atoms with E-state index in [0.29, 0.717) is 37.4 Å². The predicted molar refractivity (Wildman–Crippen MR) is 121 cm³/mol. The highest BCUT2D eigenvalue weighted by atomic mass is 16.3. The maximum Gasteiger partial charge on any atom is 0.291 e. The first-order valence-electron chi connectivity index (χ1n) is 10.9. The van der Waals surface area contributed by atoms with Gasteiger partial charge in [0.2, 0.25) is 11.7 Å². The van der Waals surface area contributed by atoms with Crippen LogP contribution >= 0.6 is 0 Å².